The predicted molar refractivity (Wildman–Crippen MR) is 121 cm³/mol. The highest BCUT2D eigenvalue weighted by atomic mass is 19.1. The molecule has 10 heteroatoms. The summed E-state index contributed by atoms with van der Waals surface area (Å²) in [6, 6.07) is 0.944. The highest BCUT2D eigenvalue weighted by Crippen LogP contribution is 2.33. The lowest BCUT2D eigenvalue weighted by atomic mass is 10.0. The zero-order chi connectivity index (χ0) is 23.9. The molecule has 0 radical (unpaired) electrons. The van der Waals surface area contributed by atoms with Crippen molar-refractivity contribution in [2.75, 3.05) is 24.5 Å². The minimum absolute atomic E-state index is 0.0409. The summed E-state index contributed by atoms with van der Waals surface area (Å²) in [5, 5.41) is 3.17. The van der Waals surface area contributed by atoms with E-state index in [0.717, 1.165) is 10.9 Å². The number of amides is 4. The van der Waals surface area contributed by atoms with Gasteiger partial charge in [-0.3, -0.25) is 15.0 Å². The quantitative estimate of drug-likeness (QED) is 0.757. The van der Waals surface area contributed by atoms with Crippen molar-refractivity contribution in [1.29, 1.82) is 0 Å². The Balaban J connectivity index is 1.58. The molecule has 4 amide bonds. The molecule has 0 unspecified atom stereocenters. The van der Waals surface area contributed by atoms with Crippen molar-refractivity contribution in [2.45, 2.75) is 64.8 Å². The van der Waals surface area contributed by atoms with Crippen molar-refractivity contribution in [3.05, 3.63) is 24.0 Å². The summed E-state index contributed by atoms with van der Waals surface area (Å²) in [6.45, 7) is 8.00. The average Bonchev–Trinajstić information content (AvgIpc) is 3.10. The zero-order valence-electron chi connectivity index (χ0n) is 19.4. The van der Waals surface area contributed by atoms with Crippen LogP contribution in [0.4, 0.5) is 19.7 Å². The first-order valence-electron chi connectivity index (χ1n) is 11.3. The fourth-order valence-corrected chi connectivity index (χ4v) is 4.38. The standard InChI is InChI=1S/C23H30FN5O4/c1-5-14-12-29(18-6-8-27(13-17(18)24)22(32)33-23(2,3)4)20-16(14)10-15(11-25-20)28-9-7-19(30)26-21(28)31/h10-12,17-18H,5-9,13H2,1-4H3,(H,26,30,31)/t17-,18-/m0/s1. The van der Waals surface area contributed by atoms with Crippen molar-refractivity contribution in [3.8, 4) is 0 Å². The van der Waals surface area contributed by atoms with Crippen molar-refractivity contribution in [3.63, 3.8) is 0 Å². The molecular formula is C23H30FN5O4. The molecule has 0 aliphatic carbocycles. The van der Waals surface area contributed by atoms with Gasteiger partial charge in [0.2, 0.25) is 5.91 Å². The molecule has 178 valence electrons. The normalized spacial score (nSPS) is 22.0. The van der Waals surface area contributed by atoms with E-state index in [-0.39, 0.29) is 25.4 Å². The van der Waals surface area contributed by atoms with Crippen molar-refractivity contribution in [2.24, 2.45) is 0 Å². The molecule has 0 saturated carbocycles. The number of anilines is 1. The van der Waals surface area contributed by atoms with Crippen LogP contribution in [0.1, 0.15) is 52.1 Å². The van der Waals surface area contributed by atoms with Gasteiger partial charge in [-0.15, -0.1) is 0 Å². The molecule has 2 aromatic rings. The minimum atomic E-state index is -1.27. The lowest BCUT2D eigenvalue weighted by Gasteiger charge is -2.36. The Morgan fingerprint density at radius 2 is 2.06 bits per heavy atom. The first-order chi connectivity index (χ1) is 15.6. The number of ether oxygens (including phenoxy) is 1. The Morgan fingerprint density at radius 1 is 1.30 bits per heavy atom. The number of fused-ring (bicyclic) bond motifs is 1. The average molecular weight is 460 g/mol. The Morgan fingerprint density at radius 3 is 2.70 bits per heavy atom. The number of hydrogen-bond donors (Lipinski definition) is 1. The van der Waals surface area contributed by atoms with Crippen molar-refractivity contribution < 1.29 is 23.5 Å². The van der Waals surface area contributed by atoms with E-state index in [0.29, 0.717) is 30.7 Å². The molecular weight excluding hydrogens is 429 g/mol. The summed E-state index contributed by atoms with van der Waals surface area (Å²) in [5.74, 6) is -0.294. The number of urea groups is 1. The van der Waals surface area contributed by atoms with E-state index in [4.69, 9.17) is 4.74 Å². The number of nitrogens with zero attached hydrogens (tertiary/aromatic N) is 4. The summed E-state index contributed by atoms with van der Waals surface area (Å²) in [5.41, 5.74) is 1.60. The maximum absolute atomic E-state index is 15.3. The molecule has 0 spiro atoms. The van der Waals surface area contributed by atoms with Crippen LogP contribution in [-0.2, 0) is 16.0 Å². The summed E-state index contributed by atoms with van der Waals surface area (Å²) in [7, 11) is 0. The van der Waals surface area contributed by atoms with Gasteiger partial charge >= 0.3 is 12.1 Å². The number of aryl methyl sites for hydroxylation is 1. The van der Waals surface area contributed by atoms with Crippen LogP contribution in [0.2, 0.25) is 0 Å². The second kappa shape index (κ2) is 8.64. The second-order valence-corrected chi connectivity index (χ2v) is 9.53. The number of pyridine rings is 1. The Labute approximate surface area is 191 Å². The van der Waals surface area contributed by atoms with Crippen LogP contribution >= 0.6 is 0 Å². The van der Waals surface area contributed by atoms with Gasteiger partial charge in [0.25, 0.3) is 0 Å². The third-order valence-corrected chi connectivity index (χ3v) is 6.00. The van der Waals surface area contributed by atoms with Gasteiger partial charge in [0.15, 0.2) is 0 Å². The van der Waals surface area contributed by atoms with Gasteiger partial charge in [0, 0.05) is 31.1 Å². The van der Waals surface area contributed by atoms with Gasteiger partial charge in [-0.05, 0) is 45.2 Å². The van der Waals surface area contributed by atoms with Gasteiger partial charge in [-0.1, -0.05) is 6.92 Å². The first kappa shape index (κ1) is 23.0. The van der Waals surface area contributed by atoms with E-state index in [9.17, 15) is 14.4 Å². The molecule has 2 saturated heterocycles. The molecule has 0 bridgehead atoms. The number of carbonyl (C=O) groups excluding carboxylic acids is 3. The summed E-state index contributed by atoms with van der Waals surface area (Å²) in [4.78, 5) is 43.5. The number of likely N-dealkylation sites (tertiary alicyclic amines) is 1. The van der Waals surface area contributed by atoms with E-state index < -0.39 is 29.9 Å². The number of alkyl halides is 1. The van der Waals surface area contributed by atoms with Gasteiger partial charge < -0.3 is 14.2 Å². The largest absolute Gasteiger partial charge is 0.444 e. The number of carbonyl (C=O) groups is 3. The maximum Gasteiger partial charge on any atom is 0.410 e. The summed E-state index contributed by atoms with van der Waals surface area (Å²) >= 11 is 0. The lowest BCUT2D eigenvalue weighted by Crippen LogP contribution is -2.49. The van der Waals surface area contributed by atoms with E-state index >= 15 is 4.39 Å². The molecule has 2 aliphatic heterocycles. The molecule has 2 fully saturated rings. The number of nitrogens with one attached hydrogen (secondary N) is 1. The summed E-state index contributed by atoms with van der Waals surface area (Å²) < 4.78 is 22.5. The number of imide groups is 1. The van der Waals surface area contributed by atoms with Gasteiger partial charge in [-0.2, -0.15) is 0 Å². The molecule has 2 atom stereocenters. The Bertz CT molecular complexity index is 1090. The number of aromatic nitrogens is 2. The minimum Gasteiger partial charge on any atom is -0.444 e. The van der Waals surface area contributed by atoms with Crippen LogP contribution in [-0.4, -0.2) is 63.9 Å². The third-order valence-electron chi connectivity index (χ3n) is 6.00. The van der Waals surface area contributed by atoms with Crippen LogP contribution in [0, 0.1) is 0 Å². The highest BCUT2D eigenvalue weighted by molar-refractivity contribution is 6.06. The Kier molecular flexibility index (Phi) is 6.02. The number of rotatable bonds is 3. The predicted octanol–water partition coefficient (Wildman–Crippen LogP) is 3.57. The molecule has 9 nitrogen and oxygen atoms in total. The smallest absolute Gasteiger partial charge is 0.410 e. The third kappa shape index (κ3) is 4.65. The van der Waals surface area contributed by atoms with Crippen LogP contribution < -0.4 is 10.2 Å². The van der Waals surface area contributed by atoms with Crippen molar-refractivity contribution >= 4 is 34.8 Å². The SMILES string of the molecule is CCc1cn([C@H]2CCN(C(=O)OC(C)(C)C)C[C@@H]2F)c2ncc(N3CCC(=O)NC3=O)cc12. The van der Waals surface area contributed by atoms with Crippen LogP contribution in [0.25, 0.3) is 11.0 Å². The van der Waals surface area contributed by atoms with Crippen LogP contribution in [0.15, 0.2) is 18.5 Å². The van der Waals surface area contributed by atoms with Gasteiger partial charge in [0.1, 0.15) is 17.4 Å². The number of hydrogen-bond acceptors (Lipinski definition) is 5. The maximum atomic E-state index is 15.3. The second-order valence-electron chi connectivity index (χ2n) is 9.53. The monoisotopic (exact) mass is 459 g/mol. The molecule has 2 aromatic heterocycles. The van der Waals surface area contributed by atoms with Crippen molar-refractivity contribution in [1.82, 2.24) is 19.8 Å². The summed E-state index contributed by atoms with van der Waals surface area (Å²) in [6.07, 6.45) is 3.10. The molecule has 2 aliphatic rings. The first-order valence-corrected chi connectivity index (χ1v) is 11.3. The van der Waals surface area contributed by atoms with Crippen LogP contribution in [0.3, 0.4) is 0 Å². The fourth-order valence-electron chi connectivity index (χ4n) is 4.38. The van der Waals surface area contributed by atoms with E-state index in [1.807, 2.05) is 23.8 Å². The Hall–Kier alpha value is -3.17. The molecule has 4 rings (SSSR count). The zero-order valence-corrected chi connectivity index (χ0v) is 19.4. The fraction of sp³-hybridized carbons (Fsp3) is 0.565. The molecule has 33 heavy (non-hydrogen) atoms. The van der Waals surface area contributed by atoms with Crippen LogP contribution in [0.5, 0.6) is 0 Å². The topological polar surface area (TPSA) is 96.8 Å². The van der Waals surface area contributed by atoms with Gasteiger partial charge in [-0.25, -0.2) is 19.0 Å². The number of piperidine rings is 1. The number of halogens is 1. The highest BCUT2D eigenvalue weighted by Gasteiger charge is 2.35. The molecule has 1 N–H and O–H groups in total. The molecule has 4 heterocycles. The van der Waals surface area contributed by atoms with E-state index in [1.165, 1.54) is 9.80 Å². The lowest BCUT2D eigenvalue weighted by molar-refractivity contribution is -0.120. The van der Waals surface area contributed by atoms with Gasteiger partial charge in [0.05, 0.1) is 24.5 Å². The van der Waals surface area contributed by atoms with E-state index in [2.05, 4.69) is 10.3 Å². The van der Waals surface area contributed by atoms with E-state index in [1.54, 1.807) is 27.0 Å². The molecule has 0 aromatic carbocycles.